The summed E-state index contributed by atoms with van der Waals surface area (Å²) in [6, 6.07) is 5.58. The lowest BCUT2D eigenvalue weighted by molar-refractivity contribution is -0.170. The molecule has 0 aromatic heterocycles. The van der Waals surface area contributed by atoms with Crippen LogP contribution in [0.3, 0.4) is 0 Å². The summed E-state index contributed by atoms with van der Waals surface area (Å²) in [5.74, 6) is -5.32. The summed E-state index contributed by atoms with van der Waals surface area (Å²) in [6.07, 6.45) is -0.898. The number of benzene rings is 1. The maximum absolute atomic E-state index is 12.3. The van der Waals surface area contributed by atoms with Crippen molar-refractivity contribution in [3.63, 3.8) is 0 Å². The number of carbonyl (C=O) groups is 4. The first-order valence-corrected chi connectivity index (χ1v) is 6.02. The zero-order chi connectivity index (χ0) is 16.0. The number of carboxylic acid groups (broad SMARTS) is 1. The molecular weight excluding hydrogens is 280 g/mol. The number of carbonyl (C=O) groups excluding carboxylic acids is 3. The molecule has 0 spiro atoms. The molecule has 0 aliphatic heterocycles. The van der Waals surface area contributed by atoms with Crippen LogP contribution in [0.1, 0.15) is 34.1 Å². The molecule has 1 aliphatic rings. The lowest BCUT2D eigenvalue weighted by Crippen LogP contribution is -2.61. The Morgan fingerprint density at radius 1 is 1.19 bits per heavy atom. The Bertz CT molecular complexity index is 674. The van der Waals surface area contributed by atoms with E-state index in [4.69, 9.17) is 5.11 Å². The number of rotatable bonds is 3. The highest BCUT2D eigenvalue weighted by atomic mass is 16.4. The summed E-state index contributed by atoms with van der Waals surface area (Å²) >= 11 is 0. The van der Waals surface area contributed by atoms with E-state index in [0.29, 0.717) is 6.92 Å². The molecule has 2 rings (SSSR count). The molecule has 7 nitrogen and oxygen atoms in total. The van der Waals surface area contributed by atoms with E-state index in [1.54, 1.807) is 0 Å². The summed E-state index contributed by atoms with van der Waals surface area (Å²) in [5.41, 5.74) is -5.98. The van der Waals surface area contributed by atoms with Crippen LogP contribution in [-0.2, 0) is 9.59 Å². The molecule has 3 N–H and O–H groups in total. The smallest absolute Gasteiger partial charge is 0.343 e. The molecule has 0 saturated carbocycles. The first-order chi connectivity index (χ1) is 9.62. The first-order valence-electron chi connectivity index (χ1n) is 6.02. The predicted octanol–water partition coefficient (Wildman–Crippen LogP) is -0.409. The Kier molecular flexibility index (Phi) is 3.27. The Labute approximate surface area is 118 Å². The summed E-state index contributed by atoms with van der Waals surface area (Å²) in [4.78, 5) is 47.2. The van der Waals surface area contributed by atoms with Gasteiger partial charge in [-0.2, -0.15) is 0 Å². The Morgan fingerprint density at radius 2 is 1.71 bits per heavy atom. The quantitative estimate of drug-likeness (QED) is 0.646. The van der Waals surface area contributed by atoms with Gasteiger partial charge in [0.2, 0.25) is 17.2 Å². The molecule has 1 aliphatic carbocycles. The van der Waals surface area contributed by atoms with Gasteiger partial charge >= 0.3 is 5.97 Å². The Balaban J connectivity index is 2.56. The van der Waals surface area contributed by atoms with Crippen LogP contribution in [0.25, 0.3) is 0 Å². The van der Waals surface area contributed by atoms with Crippen molar-refractivity contribution >= 4 is 23.3 Å². The van der Waals surface area contributed by atoms with Gasteiger partial charge in [-0.25, -0.2) is 4.79 Å². The molecule has 1 aromatic rings. The summed E-state index contributed by atoms with van der Waals surface area (Å²) in [5, 5.41) is 28.7. The number of ketones is 3. The summed E-state index contributed by atoms with van der Waals surface area (Å²) < 4.78 is 0. The first kappa shape index (κ1) is 15.0. The minimum absolute atomic E-state index is 0.0509. The van der Waals surface area contributed by atoms with Gasteiger partial charge in [0.25, 0.3) is 0 Å². The second-order valence-corrected chi connectivity index (χ2v) is 5.04. The second-order valence-electron chi connectivity index (χ2n) is 5.04. The van der Waals surface area contributed by atoms with Gasteiger partial charge in [-0.05, 0) is 6.92 Å². The average Bonchev–Trinajstić information content (AvgIpc) is 2.44. The van der Waals surface area contributed by atoms with Crippen LogP contribution in [0, 0.1) is 0 Å². The van der Waals surface area contributed by atoms with E-state index in [1.807, 2.05) is 0 Å². The number of aliphatic hydroxyl groups is 2. The third-order valence-corrected chi connectivity index (χ3v) is 3.50. The van der Waals surface area contributed by atoms with Gasteiger partial charge in [0.1, 0.15) is 0 Å². The van der Waals surface area contributed by atoms with Crippen molar-refractivity contribution in [1.82, 2.24) is 0 Å². The van der Waals surface area contributed by atoms with Gasteiger partial charge in [-0.1, -0.05) is 24.3 Å². The molecule has 7 heteroatoms. The summed E-state index contributed by atoms with van der Waals surface area (Å²) in [6.45, 7) is 0.647. The molecule has 0 bridgehead atoms. The maximum atomic E-state index is 12.3. The van der Waals surface area contributed by atoms with Gasteiger partial charge in [-0.3, -0.25) is 14.4 Å². The topological polar surface area (TPSA) is 129 Å². The molecule has 0 amide bonds. The lowest BCUT2D eigenvalue weighted by atomic mass is 9.72. The van der Waals surface area contributed by atoms with Crippen LogP contribution >= 0.6 is 0 Å². The fraction of sp³-hybridized carbons (Fsp3) is 0.286. The van der Waals surface area contributed by atoms with Gasteiger partial charge in [0.05, 0.1) is 6.42 Å². The molecule has 0 fully saturated rings. The molecule has 1 aromatic carbocycles. The molecule has 2 atom stereocenters. The van der Waals surface area contributed by atoms with E-state index in [0.717, 1.165) is 0 Å². The summed E-state index contributed by atoms with van der Waals surface area (Å²) in [7, 11) is 0. The third-order valence-electron chi connectivity index (χ3n) is 3.50. The van der Waals surface area contributed by atoms with Crippen molar-refractivity contribution in [1.29, 1.82) is 0 Å². The molecule has 0 heterocycles. The van der Waals surface area contributed by atoms with E-state index < -0.39 is 40.9 Å². The van der Waals surface area contributed by atoms with Crippen LogP contribution < -0.4 is 0 Å². The number of fused-ring (bicyclic) bond motifs is 1. The van der Waals surface area contributed by atoms with E-state index in [-0.39, 0.29) is 11.1 Å². The van der Waals surface area contributed by atoms with Crippen LogP contribution in [0.15, 0.2) is 24.3 Å². The average molecular weight is 292 g/mol. The van der Waals surface area contributed by atoms with Crippen LogP contribution in [0.2, 0.25) is 0 Å². The van der Waals surface area contributed by atoms with Crippen LogP contribution in [0.5, 0.6) is 0 Å². The van der Waals surface area contributed by atoms with Crippen molar-refractivity contribution in [2.75, 3.05) is 0 Å². The maximum Gasteiger partial charge on any atom is 0.343 e. The number of carboxylic acids is 1. The van der Waals surface area contributed by atoms with Gasteiger partial charge in [0, 0.05) is 11.1 Å². The number of Topliss-reactive ketones (excluding diaryl/α,β-unsaturated/α-hetero) is 3. The van der Waals surface area contributed by atoms with Gasteiger partial charge in [0.15, 0.2) is 11.4 Å². The van der Waals surface area contributed by atoms with Crippen molar-refractivity contribution in [3.05, 3.63) is 35.4 Å². The minimum Gasteiger partial charge on any atom is -0.479 e. The molecule has 0 radical (unpaired) electrons. The van der Waals surface area contributed by atoms with Crippen molar-refractivity contribution < 1.29 is 34.5 Å². The fourth-order valence-electron chi connectivity index (χ4n) is 2.24. The molecule has 21 heavy (non-hydrogen) atoms. The fourth-order valence-corrected chi connectivity index (χ4v) is 2.24. The van der Waals surface area contributed by atoms with E-state index in [2.05, 4.69) is 0 Å². The molecular formula is C14H12O7. The van der Waals surface area contributed by atoms with Crippen molar-refractivity contribution in [2.45, 2.75) is 24.5 Å². The monoisotopic (exact) mass is 292 g/mol. The normalized spacial score (nSPS) is 24.1. The standard InChI is InChI=1S/C14H12O7/c1-13(20,12(18)19)11(17)14(21)6-9(15)7-4-2-3-5-8(7)10(14)16/h2-5,20-21H,6H2,1H3,(H,18,19). The minimum atomic E-state index is -2.98. The third kappa shape index (κ3) is 2.07. The van der Waals surface area contributed by atoms with Crippen molar-refractivity contribution in [3.8, 4) is 0 Å². The SMILES string of the molecule is CC(O)(C(=O)O)C(=O)C1(O)CC(=O)c2ccccc2C1=O. The zero-order valence-electron chi connectivity index (χ0n) is 11.0. The predicted molar refractivity (Wildman–Crippen MR) is 67.9 cm³/mol. The van der Waals surface area contributed by atoms with E-state index in [9.17, 15) is 29.4 Å². The van der Waals surface area contributed by atoms with Gasteiger partial charge < -0.3 is 15.3 Å². The molecule has 2 unspecified atom stereocenters. The lowest BCUT2D eigenvalue weighted by Gasteiger charge is -2.33. The number of hydrogen-bond acceptors (Lipinski definition) is 6. The molecule has 110 valence electrons. The highest BCUT2D eigenvalue weighted by Crippen LogP contribution is 2.32. The molecule has 0 saturated heterocycles. The van der Waals surface area contributed by atoms with Gasteiger partial charge in [-0.15, -0.1) is 0 Å². The van der Waals surface area contributed by atoms with Crippen LogP contribution in [0.4, 0.5) is 0 Å². The van der Waals surface area contributed by atoms with E-state index in [1.165, 1.54) is 24.3 Å². The highest BCUT2D eigenvalue weighted by molar-refractivity contribution is 6.30. The Morgan fingerprint density at radius 3 is 2.24 bits per heavy atom. The number of hydrogen-bond donors (Lipinski definition) is 3. The van der Waals surface area contributed by atoms with Crippen molar-refractivity contribution in [2.24, 2.45) is 0 Å². The zero-order valence-corrected chi connectivity index (χ0v) is 11.0. The Hall–Kier alpha value is -2.38. The highest BCUT2D eigenvalue weighted by Gasteiger charge is 2.57. The largest absolute Gasteiger partial charge is 0.479 e. The van der Waals surface area contributed by atoms with E-state index >= 15 is 0 Å². The second kappa shape index (κ2) is 4.57. The van der Waals surface area contributed by atoms with Crippen LogP contribution in [-0.4, -0.2) is 49.8 Å². The number of aliphatic carboxylic acids is 1.